The predicted octanol–water partition coefficient (Wildman–Crippen LogP) is 5.64. The highest BCUT2D eigenvalue weighted by Gasteiger charge is 2.46. The molecule has 0 spiro atoms. The Kier molecular flexibility index (Phi) is 5.25. The molecular formula is C22H29F3N2O2S. The van der Waals surface area contributed by atoms with Crippen molar-refractivity contribution in [3.8, 4) is 0 Å². The molecule has 166 valence electrons. The number of aromatic nitrogens is 1. The van der Waals surface area contributed by atoms with Crippen LogP contribution < -0.4 is 4.72 Å². The molecule has 1 N–H and O–H groups in total. The lowest BCUT2D eigenvalue weighted by molar-refractivity contribution is -0.152. The molecule has 2 aromatic rings. The van der Waals surface area contributed by atoms with E-state index in [1.807, 2.05) is 42.2 Å². The summed E-state index contributed by atoms with van der Waals surface area (Å²) in [4.78, 5) is 0. The zero-order valence-electron chi connectivity index (χ0n) is 17.6. The van der Waals surface area contributed by atoms with Crippen molar-refractivity contribution in [2.75, 3.05) is 0 Å². The number of sulfonamides is 1. The van der Waals surface area contributed by atoms with E-state index in [-0.39, 0.29) is 11.0 Å². The van der Waals surface area contributed by atoms with Crippen LogP contribution in [0, 0.1) is 5.41 Å². The Morgan fingerprint density at radius 2 is 1.80 bits per heavy atom. The number of rotatable bonds is 6. The number of halogens is 3. The summed E-state index contributed by atoms with van der Waals surface area (Å²) >= 11 is 0. The Labute approximate surface area is 175 Å². The largest absolute Gasteiger partial charge is 0.408 e. The van der Waals surface area contributed by atoms with Gasteiger partial charge in [-0.1, -0.05) is 39.3 Å². The Hall–Kier alpha value is -1.54. The second-order valence-corrected chi connectivity index (χ2v) is 12.0. The van der Waals surface area contributed by atoms with Gasteiger partial charge >= 0.3 is 6.18 Å². The molecule has 2 aliphatic carbocycles. The van der Waals surface area contributed by atoms with Crippen molar-refractivity contribution in [1.82, 2.24) is 9.29 Å². The first kappa shape index (κ1) is 21.7. The van der Waals surface area contributed by atoms with Crippen LogP contribution >= 0.6 is 0 Å². The molecule has 0 aliphatic heterocycles. The van der Waals surface area contributed by atoms with E-state index in [9.17, 15) is 21.6 Å². The SMILES string of the molecule is CC(C)(C)Cn1cc(C(NS(=O)(=O)C2CCC2)C(F)(F)F)c2ccc(C3CC3)cc21. The molecule has 4 nitrogen and oxygen atoms in total. The van der Waals surface area contributed by atoms with Gasteiger partial charge in [0.1, 0.15) is 6.04 Å². The van der Waals surface area contributed by atoms with Crippen LogP contribution in [0.3, 0.4) is 0 Å². The molecule has 0 bridgehead atoms. The van der Waals surface area contributed by atoms with E-state index >= 15 is 0 Å². The number of alkyl halides is 3. The highest BCUT2D eigenvalue weighted by Crippen LogP contribution is 2.44. The van der Waals surface area contributed by atoms with Crippen LogP contribution in [-0.4, -0.2) is 24.4 Å². The van der Waals surface area contributed by atoms with Gasteiger partial charge < -0.3 is 4.57 Å². The molecule has 1 unspecified atom stereocenters. The third-order valence-corrected chi connectivity index (χ3v) is 7.96. The summed E-state index contributed by atoms with van der Waals surface area (Å²) in [5.41, 5.74) is 1.71. The van der Waals surface area contributed by atoms with Gasteiger partial charge in [0.15, 0.2) is 0 Å². The number of fused-ring (bicyclic) bond motifs is 1. The molecule has 2 aliphatic rings. The van der Waals surface area contributed by atoms with Gasteiger partial charge in [0.25, 0.3) is 0 Å². The maximum atomic E-state index is 14.1. The summed E-state index contributed by atoms with van der Waals surface area (Å²) < 4.78 is 71.2. The molecule has 0 amide bonds. The van der Waals surface area contributed by atoms with Gasteiger partial charge in [0, 0.05) is 29.2 Å². The van der Waals surface area contributed by atoms with Crippen molar-refractivity contribution in [1.29, 1.82) is 0 Å². The minimum atomic E-state index is -4.73. The summed E-state index contributed by atoms with van der Waals surface area (Å²) in [6.45, 7) is 6.63. The molecule has 30 heavy (non-hydrogen) atoms. The Morgan fingerprint density at radius 1 is 1.13 bits per heavy atom. The monoisotopic (exact) mass is 442 g/mol. The topological polar surface area (TPSA) is 51.1 Å². The van der Waals surface area contributed by atoms with Crippen LogP contribution in [0.4, 0.5) is 13.2 Å². The summed E-state index contributed by atoms with van der Waals surface area (Å²) in [7, 11) is -4.04. The second-order valence-electron chi connectivity index (χ2n) is 10.0. The van der Waals surface area contributed by atoms with Crippen LogP contribution in [0.1, 0.15) is 76.0 Å². The minimum absolute atomic E-state index is 0.0213. The number of nitrogens with one attached hydrogen (secondary N) is 1. The van der Waals surface area contributed by atoms with E-state index in [1.54, 1.807) is 6.07 Å². The van der Waals surface area contributed by atoms with E-state index in [2.05, 4.69) is 0 Å². The minimum Gasteiger partial charge on any atom is -0.347 e. The molecule has 0 saturated heterocycles. The molecule has 0 radical (unpaired) electrons. The fourth-order valence-corrected chi connectivity index (χ4v) is 5.86. The first-order chi connectivity index (χ1) is 13.9. The molecule has 2 fully saturated rings. The average molecular weight is 443 g/mol. The summed E-state index contributed by atoms with van der Waals surface area (Å²) in [5.74, 6) is 0.478. The van der Waals surface area contributed by atoms with Gasteiger partial charge in [-0.15, -0.1) is 0 Å². The highest BCUT2D eigenvalue weighted by atomic mass is 32.2. The van der Waals surface area contributed by atoms with Gasteiger partial charge in [-0.3, -0.25) is 0 Å². The molecule has 1 aromatic carbocycles. The highest BCUT2D eigenvalue weighted by molar-refractivity contribution is 7.90. The maximum absolute atomic E-state index is 14.1. The Morgan fingerprint density at radius 3 is 2.30 bits per heavy atom. The predicted molar refractivity (Wildman–Crippen MR) is 112 cm³/mol. The summed E-state index contributed by atoms with van der Waals surface area (Å²) in [6.07, 6.45) is 0.528. The van der Waals surface area contributed by atoms with Gasteiger partial charge in [-0.05, 0) is 48.6 Å². The number of hydrogen-bond donors (Lipinski definition) is 1. The average Bonchev–Trinajstić information content (AvgIpc) is 3.33. The molecule has 2 saturated carbocycles. The molecule has 1 aromatic heterocycles. The molecule has 8 heteroatoms. The fourth-order valence-electron chi connectivity index (χ4n) is 4.13. The third kappa shape index (κ3) is 4.40. The van der Waals surface area contributed by atoms with Crippen molar-refractivity contribution >= 4 is 20.9 Å². The van der Waals surface area contributed by atoms with Crippen LogP contribution in [0.15, 0.2) is 24.4 Å². The zero-order chi connectivity index (χ0) is 21.9. The van der Waals surface area contributed by atoms with Crippen LogP contribution in [0.5, 0.6) is 0 Å². The van der Waals surface area contributed by atoms with E-state index < -0.39 is 27.5 Å². The summed E-state index contributed by atoms with van der Waals surface area (Å²) in [5, 5.41) is -0.269. The first-order valence-electron chi connectivity index (χ1n) is 10.6. The van der Waals surface area contributed by atoms with E-state index in [1.165, 1.54) is 6.20 Å². The molecule has 4 rings (SSSR count). The lowest BCUT2D eigenvalue weighted by Gasteiger charge is -2.29. The van der Waals surface area contributed by atoms with Gasteiger partial charge in [0.05, 0.1) is 5.25 Å². The Bertz CT molecular complexity index is 1040. The van der Waals surface area contributed by atoms with Crippen LogP contribution in [0.2, 0.25) is 0 Å². The van der Waals surface area contributed by atoms with Crippen molar-refractivity contribution in [2.45, 2.75) is 82.8 Å². The quantitative estimate of drug-likeness (QED) is 0.629. The Balaban J connectivity index is 1.81. The van der Waals surface area contributed by atoms with E-state index in [4.69, 9.17) is 0 Å². The lowest BCUT2D eigenvalue weighted by atomic mass is 9.97. The van der Waals surface area contributed by atoms with Crippen LogP contribution in [-0.2, 0) is 16.6 Å². The standard InChI is InChI=1S/C22H29F3N2O2S/c1-21(2,3)13-27-12-18(17-10-9-15(11-19(17)27)14-7-8-14)20(22(23,24)25)26-30(28,29)16-5-4-6-16/h9-12,14,16,20,26H,4-8,13H2,1-3H3. The van der Waals surface area contributed by atoms with Crippen LogP contribution in [0.25, 0.3) is 10.9 Å². The summed E-state index contributed by atoms with van der Waals surface area (Å²) in [6, 6.07) is 3.35. The maximum Gasteiger partial charge on any atom is 0.408 e. The van der Waals surface area contributed by atoms with Gasteiger partial charge in [-0.25, -0.2) is 8.42 Å². The van der Waals surface area contributed by atoms with Crippen molar-refractivity contribution in [3.05, 3.63) is 35.5 Å². The fraction of sp³-hybridized carbons (Fsp3) is 0.636. The lowest BCUT2D eigenvalue weighted by Crippen LogP contribution is -2.44. The number of nitrogens with zero attached hydrogens (tertiary/aromatic N) is 1. The molecule has 1 heterocycles. The van der Waals surface area contributed by atoms with Crippen molar-refractivity contribution < 1.29 is 21.6 Å². The molecular weight excluding hydrogens is 413 g/mol. The van der Waals surface area contributed by atoms with Gasteiger partial charge in [0.2, 0.25) is 10.0 Å². The number of benzene rings is 1. The first-order valence-corrected chi connectivity index (χ1v) is 12.1. The second kappa shape index (κ2) is 7.26. The van der Waals surface area contributed by atoms with E-state index in [0.29, 0.717) is 30.7 Å². The van der Waals surface area contributed by atoms with Gasteiger partial charge in [-0.2, -0.15) is 17.9 Å². The van der Waals surface area contributed by atoms with E-state index in [0.717, 1.165) is 30.3 Å². The smallest absolute Gasteiger partial charge is 0.347 e. The molecule has 1 atom stereocenters. The van der Waals surface area contributed by atoms with Crippen molar-refractivity contribution in [3.63, 3.8) is 0 Å². The normalized spacial score (nSPS) is 19.8. The number of hydrogen-bond acceptors (Lipinski definition) is 2. The zero-order valence-corrected chi connectivity index (χ0v) is 18.4. The van der Waals surface area contributed by atoms with Crippen molar-refractivity contribution in [2.24, 2.45) is 5.41 Å². The third-order valence-electron chi connectivity index (χ3n) is 6.04.